The van der Waals surface area contributed by atoms with E-state index in [9.17, 15) is 19.2 Å². The molecule has 0 radical (unpaired) electrons. The number of H-pyrrole nitrogens is 1. The number of ether oxygens (including phenoxy) is 1. The molecule has 34 heavy (non-hydrogen) atoms. The summed E-state index contributed by atoms with van der Waals surface area (Å²) in [4.78, 5) is 54.2. The minimum absolute atomic E-state index is 0.0798. The molecule has 2 aromatic rings. The van der Waals surface area contributed by atoms with Crippen LogP contribution in [0.1, 0.15) is 32.3 Å². The number of Topliss-reactive ketones (excluding diaryl/α,β-unsaturated/α-hetero) is 1. The lowest BCUT2D eigenvalue weighted by Crippen LogP contribution is -2.53. The lowest BCUT2D eigenvalue weighted by atomic mass is 10.0. The number of halogens is 2. The first-order valence-electron chi connectivity index (χ1n) is 10.5. The molecule has 0 saturated carbocycles. The van der Waals surface area contributed by atoms with Gasteiger partial charge in [-0.2, -0.15) is 0 Å². The van der Waals surface area contributed by atoms with Crippen LogP contribution in [0.2, 0.25) is 0 Å². The Morgan fingerprint density at radius 1 is 1.12 bits per heavy atom. The molecule has 0 aliphatic carbocycles. The SMILES string of the molecule is CC(C)OC(=O)[C@H](CCC(=O)C=[N+]=N)NC(=O)[C@H](Cc1c[nH]c2ccccc12)NC(=O)C(Cl)Cl. The Bertz CT molecular complexity index is 1090. The molecule has 0 aliphatic heterocycles. The molecule has 0 unspecified atom stereocenters. The fourth-order valence-electron chi connectivity index (χ4n) is 3.22. The highest BCUT2D eigenvalue weighted by molar-refractivity contribution is 6.53. The Labute approximate surface area is 205 Å². The monoisotopic (exact) mass is 510 g/mol. The van der Waals surface area contributed by atoms with Crippen LogP contribution in [0.25, 0.3) is 10.9 Å². The van der Waals surface area contributed by atoms with Gasteiger partial charge in [0.1, 0.15) is 12.1 Å². The maximum atomic E-state index is 13.2. The van der Waals surface area contributed by atoms with Gasteiger partial charge in [-0.15, -0.1) is 0 Å². The van der Waals surface area contributed by atoms with E-state index >= 15 is 0 Å². The summed E-state index contributed by atoms with van der Waals surface area (Å²) >= 11 is 11.3. The smallest absolute Gasteiger partial charge is 0.372 e. The molecule has 0 bridgehead atoms. The minimum atomic E-state index is -1.40. The zero-order valence-corrected chi connectivity index (χ0v) is 20.2. The lowest BCUT2D eigenvalue weighted by molar-refractivity contribution is -0.152. The van der Waals surface area contributed by atoms with E-state index in [2.05, 4.69) is 20.4 Å². The number of aromatic amines is 1. The molecule has 2 atom stereocenters. The van der Waals surface area contributed by atoms with Crippen molar-refractivity contribution in [3.63, 3.8) is 0 Å². The summed E-state index contributed by atoms with van der Waals surface area (Å²) in [5.41, 5.74) is 8.34. The van der Waals surface area contributed by atoms with Crippen LogP contribution in [0.4, 0.5) is 0 Å². The number of carbonyl (C=O) groups is 4. The number of benzene rings is 1. The van der Waals surface area contributed by atoms with Gasteiger partial charge in [-0.05, 0) is 31.9 Å². The van der Waals surface area contributed by atoms with Crippen LogP contribution >= 0.6 is 23.2 Å². The lowest BCUT2D eigenvalue weighted by Gasteiger charge is -2.23. The first-order chi connectivity index (χ1) is 16.1. The third-order valence-electron chi connectivity index (χ3n) is 4.77. The molecule has 1 aromatic heterocycles. The fourth-order valence-corrected chi connectivity index (χ4v) is 3.35. The van der Waals surface area contributed by atoms with Crippen LogP contribution in [0, 0.1) is 5.53 Å². The van der Waals surface area contributed by atoms with Crippen LogP contribution in [0.5, 0.6) is 0 Å². The van der Waals surface area contributed by atoms with Crippen molar-refractivity contribution < 1.29 is 28.7 Å². The van der Waals surface area contributed by atoms with Crippen molar-refractivity contribution in [3.05, 3.63) is 36.0 Å². The van der Waals surface area contributed by atoms with Crippen molar-refractivity contribution in [2.75, 3.05) is 0 Å². The molecule has 0 saturated heterocycles. The summed E-state index contributed by atoms with van der Waals surface area (Å²) in [6.07, 6.45) is 1.94. The molecule has 10 nitrogen and oxygen atoms in total. The van der Waals surface area contributed by atoms with Crippen LogP contribution < -0.4 is 10.6 Å². The highest BCUT2D eigenvalue weighted by atomic mass is 35.5. The van der Waals surface area contributed by atoms with Gasteiger partial charge in [0.05, 0.1) is 16.4 Å². The molecule has 0 fully saturated rings. The van der Waals surface area contributed by atoms with E-state index in [1.807, 2.05) is 24.3 Å². The average Bonchev–Trinajstić information content (AvgIpc) is 3.18. The summed E-state index contributed by atoms with van der Waals surface area (Å²) in [6.45, 7) is 3.30. The van der Waals surface area contributed by atoms with Crippen molar-refractivity contribution >= 4 is 63.9 Å². The predicted molar refractivity (Wildman–Crippen MR) is 126 cm³/mol. The second-order valence-corrected chi connectivity index (χ2v) is 8.83. The highest BCUT2D eigenvalue weighted by Gasteiger charge is 2.30. The van der Waals surface area contributed by atoms with Crippen molar-refractivity contribution in [2.45, 2.75) is 56.1 Å². The van der Waals surface area contributed by atoms with Crippen LogP contribution in [0.3, 0.4) is 0 Å². The Hall–Kier alpha value is -3.20. The van der Waals surface area contributed by atoms with Crippen molar-refractivity contribution in [3.8, 4) is 0 Å². The number of amides is 2. The van der Waals surface area contributed by atoms with Gasteiger partial charge in [-0.25, -0.2) is 4.79 Å². The summed E-state index contributed by atoms with van der Waals surface area (Å²) in [7, 11) is 0. The molecular weight excluding hydrogens is 485 g/mol. The molecule has 182 valence electrons. The number of fused-ring (bicyclic) bond motifs is 1. The number of aromatic nitrogens is 1. The number of rotatable bonds is 12. The van der Waals surface area contributed by atoms with E-state index in [1.54, 1.807) is 20.0 Å². The number of carbonyl (C=O) groups excluding carboxylic acids is 4. The van der Waals surface area contributed by atoms with Crippen molar-refractivity contribution in [1.29, 1.82) is 5.53 Å². The van der Waals surface area contributed by atoms with Crippen molar-refractivity contribution in [1.82, 2.24) is 15.6 Å². The van der Waals surface area contributed by atoms with Crippen LogP contribution in [-0.4, -0.2) is 62.6 Å². The third kappa shape index (κ3) is 7.98. The van der Waals surface area contributed by atoms with Gasteiger partial charge in [0.2, 0.25) is 11.7 Å². The maximum absolute atomic E-state index is 13.2. The van der Waals surface area contributed by atoms with E-state index in [0.717, 1.165) is 22.7 Å². The van der Waals surface area contributed by atoms with E-state index < -0.39 is 46.6 Å². The zero-order chi connectivity index (χ0) is 25.3. The van der Waals surface area contributed by atoms with E-state index in [-0.39, 0.29) is 19.3 Å². The van der Waals surface area contributed by atoms with Gasteiger partial charge in [0.15, 0.2) is 4.84 Å². The molecule has 1 aromatic carbocycles. The normalized spacial score (nSPS) is 12.6. The fraction of sp³-hybridized carbons (Fsp3) is 0.409. The molecular formula is C22H26Cl2N5O5+. The number of nitrogens with zero attached hydrogens (tertiary/aromatic N) is 1. The molecule has 2 rings (SSSR count). The van der Waals surface area contributed by atoms with Crippen molar-refractivity contribution in [2.24, 2.45) is 0 Å². The number of para-hydroxylation sites is 1. The molecule has 0 aliphatic rings. The highest BCUT2D eigenvalue weighted by Crippen LogP contribution is 2.19. The number of esters is 1. The Balaban J connectivity index is 2.26. The number of ketones is 1. The molecule has 1 heterocycles. The number of hydrogen-bond donors (Lipinski definition) is 4. The summed E-state index contributed by atoms with van der Waals surface area (Å²) < 4.78 is 5.20. The van der Waals surface area contributed by atoms with Gasteiger partial charge in [-0.1, -0.05) is 41.4 Å². The largest absolute Gasteiger partial charge is 0.461 e. The van der Waals surface area contributed by atoms with E-state index in [0.29, 0.717) is 0 Å². The summed E-state index contributed by atoms with van der Waals surface area (Å²) in [5.74, 6) is -2.67. The Morgan fingerprint density at radius 3 is 2.44 bits per heavy atom. The topological polar surface area (TPSA) is 155 Å². The summed E-state index contributed by atoms with van der Waals surface area (Å²) in [5, 5.41) is 5.91. The summed E-state index contributed by atoms with van der Waals surface area (Å²) in [6, 6.07) is 5.16. The van der Waals surface area contributed by atoms with E-state index in [4.69, 9.17) is 33.5 Å². The number of nitrogens with one attached hydrogen (secondary N) is 4. The molecule has 4 N–H and O–H groups in total. The van der Waals surface area contributed by atoms with Crippen LogP contribution in [-0.2, 0) is 30.3 Å². The second-order valence-electron chi connectivity index (χ2n) is 7.74. The number of alkyl halides is 2. The Kier molecular flexibility index (Phi) is 10.2. The maximum Gasteiger partial charge on any atom is 0.372 e. The van der Waals surface area contributed by atoms with Gasteiger partial charge in [0, 0.05) is 29.9 Å². The second kappa shape index (κ2) is 12.9. The van der Waals surface area contributed by atoms with Gasteiger partial charge in [-0.3, -0.25) is 14.4 Å². The van der Waals surface area contributed by atoms with Gasteiger partial charge in [0.25, 0.3) is 5.91 Å². The molecule has 2 amide bonds. The standard InChI is InChI=1S/C22H25Cl2N5O5/c1-12(2)34-22(33)17(8-7-14(30)11-27-25)28-20(31)18(29-21(32)19(23)24)9-13-10-26-16-6-4-3-5-15(13)16/h3-6,10-12,17-19,25-26H,7-9H2,1-2H3,(H-,28,29,31,32)/p+1/t17-,18-/m0/s1. The quantitative estimate of drug-likeness (QED) is 0.113. The first-order valence-corrected chi connectivity index (χ1v) is 11.4. The van der Waals surface area contributed by atoms with Gasteiger partial charge < -0.3 is 20.4 Å². The van der Waals surface area contributed by atoms with Crippen LogP contribution in [0.15, 0.2) is 30.5 Å². The predicted octanol–water partition coefficient (Wildman–Crippen LogP) is 2.09. The first kappa shape index (κ1) is 27.0. The third-order valence-corrected chi connectivity index (χ3v) is 5.17. The number of hydrogen-bond acceptors (Lipinski definition) is 6. The average molecular weight is 511 g/mol. The van der Waals surface area contributed by atoms with Gasteiger partial charge >= 0.3 is 12.2 Å². The zero-order valence-electron chi connectivity index (χ0n) is 18.6. The van der Waals surface area contributed by atoms with E-state index in [1.165, 1.54) is 0 Å². The molecule has 12 heteroatoms. The molecule has 0 spiro atoms. The Morgan fingerprint density at radius 2 is 1.79 bits per heavy atom. The minimum Gasteiger partial charge on any atom is -0.461 e.